The third-order valence-corrected chi connectivity index (χ3v) is 4.49. The van der Waals surface area contributed by atoms with Crippen LogP contribution in [0, 0.1) is 0 Å². The van der Waals surface area contributed by atoms with E-state index < -0.39 is 0 Å². The van der Waals surface area contributed by atoms with Gasteiger partial charge in [0.15, 0.2) is 5.69 Å². The van der Waals surface area contributed by atoms with Crippen LogP contribution in [0.3, 0.4) is 0 Å². The van der Waals surface area contributed by atoms with E-state index in [0.29, 0.717) is 44.2 Å². The van der Waals surface area contributed by atoms with Gasteiger partial charge in [0, 0.05) is 32.7 Å². The zero-order valence-electron chi connectivity index (χ0n) is 15.3. The van der Waals surface area contributed by atoms with E-state index in [-0.39, 0.29) is 5.91 Å². The van der Waals surface area contributed by atoms with Gasteiger partial charge in [0.1, 0.15) is 11.6 Å². The summed E-state index contributed by atoms with van der Waals surface area (Å²) in [5.41, 5.74) is 1.48. The largest absolute Gasteiger partial charge is 0.497 e. The molecule has 2 amide bonds. The van der Waals surface area contributed by atoms with Gasteiger partial charge >= 0.3 is 0 Å². The van der Waals surface area contributed by atoms with Gasteiger partial charge in [-0.25, -0.2) is 0 Å². The van der Waals surface area contributed by atoms with Crippen molar-refractivity contribution in [3.8, 4) is 5.75 Å². The van der Waals surface area contributed by atoms with Crippen molar-refractivity contribution in [3.63, 3.8) is 0 Å². The van der Waals surface area contributed by atoms with E-state index in [0.717, 1.165) is 24.1 Å². The van der Waals surface area contributed by atoms with Crippen molar-refractivity contribution in [3.05, 3.63) is 47.7 Å². The normalized spacial score (nSPS) is 14.0. The molecule has 1 aromatic heterocycles. The average Bonchev–Trinajstić information content (AvgIpc) is 2.74. The molecule has 142 valence electrons. The zero-order valence-corrected chi connectivity index (χ0v) is 15.3. The first-order valence-corrected chi connectivity index (χ1v) is 8.89. The highest BCUT2D eigenvalue weighted by atomic mass is 16.5. The highest BCUT2D eigenvalue weighted by Crippen LogP contribution is 2.13. The molecule has 0 aliphatic carbocycles. The molecular formula is C19H23N5O3. The Bertz CT molecular complexity index is 773. The number of carbonyl (C=O) groups is 2. The van der Waals surface area contributed by atoms with Gasteiger partial charge in [-0.05, 0) is 36.2 Å². The lowest BCUT2D eigenvalue weighted by molar-refractivity contribution is -0.119. The highest BCUT2D eigenvalue weighted by Gasteiger charge is 2.22. The third kappa shape index (κ3) is 4.93. The van der Waals surface area contributed by atoms with E-state index >= 15 is 0 Å². The minimum Gasteiger partial charge on any atom is -0.497 e. The van der Waals surface area contributed by atoms with Crippen LogP contribution in [0.1, 0.15) is 16.1 Å². The Morgan fingerprint density at radius 3 is 2.67 bits per heavy atom. The maximum atomic E-state index is 12.4. The van der Waals surface area contributed by atoms with E-state index in [1.807, 2.05) is 24.3 Å². The van der Waals surface area contributed by atoms with Crippen molar-refractivity contribution in [2.45, 2.75) is 6.42 Å². The minimum absolute atomic E-state index is 0.157. The monoisotopic (exact) mass is 369 g/mol. The summed E-state index contributed by atoms with van der Waals surface area (Å²) in [4.78, 5) is 26.5. The summed E-state index contributed by atoms with van der Waals surface area (Å²) in [5, 5.41) is 11.3. The number of aromatic nitrogens is 2. The first-order chi connectivity index (χ1) is 13.2. The predicted octanol–water partition coefficient (Wildman–Crippen LogP) is 1.05. The Morgan fingerprint density at radius 1 is 1.19 bits per heavy atom. The van der Waals surface area contributed by atoms with Gasteiger partial charge in [0.2, 0.25) is 6.41 Å². The zero-order chi connectivity index (χ0) is 19.1. The molecule has 0 atom stereocenters. The topological polar surface area (TPSA) is 87.7 Å². The number of carbonyl (C=O) groups excluding carboxylic acids is 2. The number of piperazine rings is 1. The van der Waals surface area contributed by atoms with Gasteiger partial charge in [0.25, 0.3) is 5.91 Å². The van der Waals surface area contributed by atoms with Crippen LogP contribution in [-0.2, 0) is 11.2 Å². The van der Waals surface area contributed by atoms with Crippen molar-refractivity contribution in [1.82, 2.24) is 20.0 Å². The molecule has 2 heterocycles. The lowest BCUT2D eigenvalue weighted by Crippen LogP contribution is -2.48. The van der Waals surface area contributed by atoms with Crippen LogP contribution in [0.2, 0.25) is 0 Å². The maximum Gasteiger partial charge on any atom is 0.274 e. The Hall–Kier alpha value is -3.16. The van der Waals surface area contributed by atoms with Crippen molar-refractivity contribution in [2.24, 2.45) is 0 Å². The molecule has 1 N–H and O–H groups in total. The van der Waals surface area contributed by atoms with E-state index in [1.54, 1.807) is 29.0 Å². The number of ether oxygens (including phenoxy) is 1. The Kier molecular flexibility index (Phi) is 6.19. The smallest absolute Gasteiger partial charge is 0.274 e. The summed E-state index contributed by atoms with van der Waals surface area (Å²) in [7, 11) is 1.65. The molecule has 27 heavy (non-hydrogen) atoms. The molecule has 8 nitrogen and oxygen atoms in total. The SMILES string of the molecule is COc1cccc(CCNc2ccc(C(=O)N3CCN(C=O)CC3)nn2)c1. The molecule has 1 saturated heterocycles. The van der Waals surface area contributed by atoms with E-state index in [9.17, 15) is 9.59 Å². The number of nitrogens with one attached hydrogen (secondary N) is 1. The fourth-order valence-corrected chi connectivity index (χ4v) is 2.90. The Labute approximate surface area is 158 Å². The van der Waals surface area contributed by atoms with E-state index in [1.165, 1.54) is 0 Å². The molecule has 8 heteroatoms. The summed E-state index contributed by atoms with van der Waals surface area (Å²) < 4.78 is 5.22. The lowest BCUT2D eigenvalue weighted by Gasteiger charge is -2.32. The number of nitrogens with zero attached hydrogens (tertiary/aromatic N) is 4. The van der Waals surface area contributed by atoms with E-state index in [2.05, 4.69) is 15.5 Å². The second-order valence-corrected chi connectivity index (χ2v) is 6.27. The number of hydrogen-bond donors (Lipinski definition) is 1. The third-order valence-electron chi connectivity index (χ3n) is 4.49. The molecule has 3 rings (SSSR count). The van der Waals surface area contributed by atoms with Crippen molar-refractivity contribution >= 4 is 18.1 Å². The number of anilines is 1. The van der Waals surface area contributed by atoms with Crippen LogP contribution in [0.5, 0.6) is 5.75 Å². The van der Waals surface area contributed by atoms with Crippen molar-refractivity contribution in [2.75, 3.05) is 45.2 Å². The van der Waals surface area contributed by atoms with E-state index in [4.69, 9.17) is 4.74 Å². The molecule has 0 saturated carbocycles. The molecule has 1 aliphatic heterocycles. The summed E-state index contributed by atoms with van der Waals surface area (Å²) in [6.07, 6.45) is 1.63. The molecule has 0 spiro atoms. The van der Waals surface area contributed by atoms with Crippen LogP contribution >= 0.6 is 0 Å². The minimum atomic E-state index is -0.157. The van der Waals surface area contributed by atoms with Crippen LogP contribution in [0.25, 0.3) is 0 Å². The lowest BCUT2D eigenvalue weighted by atomic mass is 10.1. The molecule has 1 aliphatic rings. The number of benzene rings is 1. The summed E-state index contributed by atoms with van der Waals surface area (Å²) in [6, 6.07) is 11.4. The highest BCUT2D eigenvalue weighted by molar-refractivity contribution is 5.92. The maximum absolute atomic E-state index is 12.4. The van der Waals surface area contributed by atoms with Gasteiger partial charge in [-0.3, -0.25) is 9.59 Å². The number of amides is 2. The van der Waals surface area contributed by atoms with Crippen LogP contribution in [-0.4, -0.2) is 72.1 Å². The molecule has 1 aromatic carbocycles. The quantitative estimate of drug-likeness (QED) is 0.734. The fraction of sp³-hybridized carbons (Fsp3) is 0.368. The van der Waals surface area contributed by atoms with Gasteiger partial charge in [-0.15, -0.1) is 10.2 Å². The molecule has 1 fully saturated rings. The summed E-state index contributed by atoms with van der Waals surface area (Å²) in [6.45, 7) is 2.82. The summed E-state index contributed by atoms with van der Waals surface area (Å²) in [5.74, 6) is 1.31. The molecule has 0 radical (unpaired) electrons. The van der Waals surface area contributed by atoms with Crippen molar-refractivity contribution < 1.29 is 14.3 Å². The molecule has 0 bridgehead atoms. The van der Waals surface area contributed by atoms with Crippen LogP contribution < -0.4 is 10.1 Å². The Morgan fingerprint density at radius 2 is 2.00 bits per heavy atom. The van der Waals surface area contributed by atoms with Gasteiger partial charge in [-0.1, -0.05) is 12.1 Å². The van der Waals surface area contributed by atoms with Crippen molar-refractivity contribution in [1.29, 1.82) is 0 Å². The molecule has 2 aromatic rings. The summed E-state index contributed by atoms with van der Waals surface area (Å²) >= 11 is 0. The van der Waals surface area contributed by atoms with Gasteiger partial charge in [0.05, 0.1) is 7.11 Å². The van der Waals surface area contributed by atoms with Crippen LogP contribution in [0.15, 0.2) is 36.4 Å². The number of hydrogen-bond acceptors (Lipinski definition) is 6. The molecular weight excluding hydrogens is 346 g/mol. The standard InChI is InChI=1S/C19H23N5O3/c1-27-16-4-2-3-15(13-16)7-8-20-18-6-5-17(21-22-18)19(26)24-11-9-23(14-25)10-12-24/h2-6,13-14H,7-12H2,1H3,(H,20,22). The first kappa shape index (κ1) is 18.6. The van der Waals surface area contributed by atoms with Gasteiger partial charge in [-0.2, -0.15) is 0 Å². The number of methoxy groups -OCH3 is 1. The first-order valence-electron chi connectivity index (χ1n) is 8.89. The Balaban J connectivity index is 1.49. The fourth-order valence-electron chi connectivity index (χ4n) is 2.90. The number of rotatable bonds is 7. The second kappa shape index (κ2) is 8.98. The van der Waals surface area contributed by atoms with Crippen LogP contribution in [0.4, 0.5) is 5.82 Å². The average molecular weight is 369 g/mol. The van der Waals surface area contributed by atoms with Gasteiger partial charge < -0.3 is 19.9 Å². The predicted molar refractivity (Wildman–Crippen MR) is 101 cm³/mol. The molecule has 0 unspecified atom stereocenters. The second-order valence-electron chi connectivity index (χ2n) is 6.27.